The second-order valence-corrected chi connectivity index (χ2v) is 5.76. The zero-order valence-corrected chi connectivity index (χ0v) is 11.3. The van der Waals surface area contributed by atoms with Crippen LogP contribution in [0.3, 0.4) is 0 Å². The van der Waals surface area contributed by atoms with Gasteiger partial charge in [-0.1, -0.05) is 31.0 Å². The molecule has 1 aliphatic heterocycles. The van der Waals surface area contributed by atoms with E-state index in [1.165, 1.54) is 18.4 Å². The van der Waals surface area contributed by atoms with Crippen LogP contribution in [0.15, 0.2) is 24.3 Å². The van der Waals surface area contributed by atoms with Gasteiger partial charge in [0, 0.05) is 24.1 Å². The maximum absolute atomic E-state index is 12.7. The Balaban J connectivity index is 1.85. The number of amides is 1. The number of rotatable bonds is 3. The SMILES string of the molecule is NCCC1CN(C(=O)C2CCCC2)c2ccccc21. The minimum absolute atomic E-state index is 0.254. The van der Waals surface area contributed by atoms with Crippen molar-refractivity contribution in [3.63, 3.8) is 0 Å². The van der Waals surface area contributed by atoms with Crippen molar-refractivity contribution in [1.82, 2.24) is 0 Å². The summed E-state index contributed by atoms with van der Waals surface area (Å²) < 4.78 is 0. The lowest BCUT2D eigenvalue weighted by Crippen LogP contribution is -2.34. The fourth-order valence-electron chi connectivity index (χ4n) is 3.55. The highest BCUT2D eigenvalue weighted by atomic mass is 16.2. The Morgan fingerprint density at radius 2 is 2.00 bits per heavy atom. The molecule has 0 saturated heterocycles. The van der Waals surface area contributed by atoms with Gasteiger partial charge in [-0.15, -0.1) is 0 Å². The van der Waals surface area contributed by atoms with E-state index in [2.05, 4.69) is 18.2 Å². The van der Waals surface area contributed by atoms with Gasteiger partial charge >= 0.3 is 0 Å². The molecule has 1 unspecified atom stereocenters. The third-order valence-electron chi connectivity index (χ3n) is 4.56. The molecule has 3 heteroatoms. The van der Waals surface area contributed by atoms with Crippen molar-refractivity contribution in [3.05, 3.63) is 29.8 Å². The van der Waals surface area contributed by atoms with Crippen molar-refractivity contribution in [3.8, 4) is 0 Å². The predicted molar refractivity (Wildman–Crippen MR) is 77.2 cm³/mol. The molecule has 102 valence electrons. The molecular weight excluding hydrogens is 236 g/mol. The van der Waals surface area contributed by atoms with E-state index < -0.39 is 0 Å². The fourth-order valence-corrected chi connectivity index (χ4v) is 3.55. The molecule has 1 aliphatic carbocycles. The minimum atomic E-state index is 0.254. The number of hydrogen-bond acceptors (Lipinski definition) is 2. The number of anilines is 1. The molecule has 0 spiro atoms. The van der Waals surface area contributed by atoms with E-state index in [4.69, 9.17) is 5.73 Å². The van der Waals surface area contributed by atoms with Crippen LogP contribution in [0, 0.1) is 5.92 Å². The molecule has 2 N–H and O–H groups in total. The Labute approximate surface area is 114 Å². The lowest BCUT2D eigenvalue weighted by Gasteiger charge is -2.21. The normalized spacial score (nSPS) is 22.8. The van der Waals surface area contributed by atoms with Crippen molar-refractivity contribution in [2.24, 2.45) is 11.7 Å². The van der Waals surface area contributed by atoms with Gasteiger partial charge in [-0.2, -0.15) is 0 Å². The van der Waals surface area contributed by atoms with Gasteiger partial charge in [-0.3, -0.25) is 4.79 Å². The Kier molecular flexibility index (Phi) is 3.56. The monoisotopic (exact) mass is 258 g/mol. The van der Waals surface area contributed by atoms with E-state index in [1.807, 2.05) is 11.0 Å². The average molecular weight is 258 g/mol. The highest BCUT2D eigenvalue weighted by Crippen LogP contribution is 2.40. The standard InChI is InChI=1S/C16H22N2O/c17-10-9-13-11-18(15-8-4-3-7-14(13)15)16(19)12-5-1-2-6-12/h3-4,7-8,12-13H,1-2,5-6,9-11,17H2. The van der Waals surface area contributed by atoms with Crippen LogP contribution in [-0.4, -0.2) is 19.0 Å². The first kappa shape index (κ1) is 12.7. The molecule has 3 nitrogen and oxygen atoms in total. The summed E-state index contributed by atoms with van der Waals surface area (Å²) in [6, 6.07) is 8.32. The summed E-state index contributed by atoms with van der Waals surface area (Å²) in [4.78, 5) is 14.7. The van der Waals surface area contributed by atoms with Crippen molar-refractivity contribution in [2.75, 3.05) is 18.0 Å². The van der Waals surface area contributed by atoms with Gasteiger partial charge in [-0.05, 0) is 37.4 Å². The Bertz CT molecular complexity index is 466. The summed E-state index contributed by atoms with van der Waals surface area (Å²) in [7, 11) is 0. The molecule has 0 radical (unpaired) electrons. The Morgan fingerprint density at radius 1 is 1.26 bits per heavy atom. The van der Waals surface area contributed by atoms with Gasteiger partial charge in [-0.25, -0.2) is 0 Å². The van der Waals surface area contributed by atoms with E-state index in [9.17, 15) is 4.79 Å². The van der Waals surface area contributed by atoms with Crippen LogP contribution in [0.1, 0.15) is 43.6 Å². The van der Waals surface area contributed by atoms with Crippen LogP contribution in [0.5, 0.6) is 0 Å². The predicted octanol–water partition coefficient (Wildman–Crippen LogP) is 2.66. The van der Waals surface area contributed by atoms with E-state index in [-0.39, 0.29) is 5.92 Å². The minimum Gasteiger partial charge on any atom is -0.330 e. The molecule has 2 aliphatic rings. The maximum atomic E-state index is 12.7. The Hall–Kier alpha value is -1.35. The summed E-state index contributed by atoms with van der Waals surface area (Å²) in [5.74, 6) is 1.01. The smallest absolute Gasteiger partial charge is 0.230 e. The summed E-state index contributed by atoms with van der Waals surface area (Å²) in [6.07, 6.45) is 5.51. The van der Waals surface area contributed by atoms with Crippen molar-refractivity contribution >= 4 is 11.6 Å². The van der Waals surface area contributed by atoms with Crippen LogP contribution in [0.2, 0.25) is 0 Å². The summed E-state index contributed by atoms with van der Waals surface area (Å²) in [5.41, 5.74) is 8.13. The van der Waals surface area contributed by atoms with Crippen LogP contribution in [0.25, 0.3) is 0 Å². The summed E-state index contributed by atoms with van der Waals surface area (Å²) in [5, 5.41) is 0. The highest BCUT2D eigenvalue weighted by molar-refractivity contribution is 5.97. The van der Waals surface area contributed by atoms with E-state index in [1.54, 1.807) is 0 Å². The molecule has 1 saturated carbocycles. The molecular formula is C16H22N2O. The largest absolute Gasteiger partial charge is 0.330 e. The number of benzene rings is 1. The highest BCUT2D eigenvalue weighted by Gasteiger charge is 2.35. The number of fused-ring (bicyclic) bond motifs is 1. The van der Waals surface area contributed by atoms with Gasteiger partial charge in [0.25, 0.3) is 0 Å². The average Bonchev–Trinajstić information content (AvgIpc) is 3.07. The van der Waals surface area contributed by atoms with Crippen molar-refractivity contribution in [2.45, 2.75) is 38.0 Å². The number of para-hydroxylation sites is 1. The van der Waals surface area contributed by atoms with Gasteiger partial charge in [0.1, 0.15) is 0 Å². The van der Waals surface area contributed by atoms with Crippen LogP contribution in [0.4, 0.5) is 5.69 Å². The molecule has 1 aromatic rings. The first-order valence-electron chi connectivity index (χ1n) is 7.41. The Morgan fingerprint density at radius 3 is 2.74 bits per heavy atom. The molecule has 19 heavy (non-hydrogen) atoms. The number of hydrogen-bond donors (Lipinski definition) is 1. The van der Waals surface area contributed by atoms with Gasteiger partial charge in [0.2, 0.25) is 5.91 Å². The number of nitrogens with zero attached hydrogens (tertiary/aromatic N) is 1. The zero-order chi connectivity index (χ0) is 13.2. The molecule has 1 atom stereocenters. The van der Waals surface area contributed by atoms with E-state index in [0.717, 1.165) is 31.5 Å². The van der Waals surface area contributed by atoms with Crippen molar-refractivity contribution < 1.29 is 4.79 Å². The quantitative estimate of drug-likeness (QED) is 0.906. The first-order chi connectivity index (χ1) is 9.31. The van der Waals surface area contributed by atoms with E-state index in [0.29, 0.717) is 18.4 Å². The number of carbonyl (C=O) groups excluding carboxylic acids is 1. The van der Waals surface area contributed by atoms with Gasteiger partial charge in [0.15, 0.2) is 0 Å². The zero-order valence-electron chi connectivity index (χ0n) is 11.3. The number of carbonyl (C=O) groups is 1. The topological polar surface area (TPSA) is 46.3 Å². The summed E-state index contributed by atoms with van der Waals surface area (Å²) >= 11 is 0. The molecule has 1 fully saturated rings. The second kappa shape index (κ2) is 5.33. The molecule has 1 amide bonds. The fraction of sp³-hybridized carbons (Fsp3) is 0.562. The summed E-state index contributed by atoms with van der Waals surface area (Å²) in [6.45, 7) is 1.51. The molecule has 1 aromatic carbocycles. The molecule has 1 heterocycles. The second-order valence-electron chi connectivity index (χ2n) is 5.76. The lowest BCUT2D eigenvalue weighted by molar-refractivity contribution is -0.122. The van der Waals surface area contributed by atoms with E-state index >= 15 is 0 Å². The lowest BCUT2D eigenvalue weighted by atomic mass is 9.98. The van der Waals surface area contributed by atoms with Crippen LogP contribution < -0.4 is 10.6 Å². The molecule has 0 aromatic heterocycles. The third-order valence-corrected chi connectivity index (χ3v) is 4.56. The third kappa shape index (κ3) is 2.27. The maximum Gasteiger partial charge on any atom is 0.230 e. The number of nitrogens with two attached hydrogens (primary N) is 1. The van der Waals surface area contributed by atoms with Gasteiger partial charge in [0.05, 0.1) is 0 Å². The van der Waals surface area contributed by atoms with Gasteiger partial charge < -0.3 is 10.6 Å². The van der Waals surface area contributed by atoms with Crippen LogP contribution >= 0.6 is 0 Å². The molecule has 3 rings (SSSR count). The first-order valence-corrected chi connectivity index (χ1v) is 7.41. The van der Waals surface area contributed by atoms with Crippen LogP contribution in [-0.2, 0) is 4.79 Å². The van der Waals surface area contributed by atoms with Crippen molar-refractivity contribution in [1.29, 1.82) is 0 Å². The molecule has 0 bridgehead atoms.